The lowest BCUT2D eigenvalue weighted by Gasteiger charge is -2.26. The van der Waals surface area contributed by atoms with E-state index >= 15 is 0 Å². The Morgan fingerprint density at radius 3 is 2.17 bits per heavy atom. The summed E-state index contributed by atoms with van der Waals surface area (Å²) in [5.74, 6) is -4.63. The van der Waals surface area contributed by atoms with Crippen LogP contribution in [-0.2, 0) is 0 Å². The molecule has 0 aliphatic rings. The highest BCUT2D eigenvalue weighted by Crippen LogP contribution is 2.46. The number of nitrogens with zero attached hydrogens (tertiary/aromatic N) is 1. The van der Waals surface area contributed by atoms with Crippen LogP contribution in [0, 0.1) is 3.57 Å². The Bertz CT molecular complexity index is 1100. The molecule has 14 heteroatoms. The summed E-state index contributed by atoms with van der Waals surface area (Å²) in [7, 11) is 0. The monoisotopic (exact) mass is 653 g/mol. The van der Waals surface area contributed by atoms with Crippen molar-refractivity contribution in [3.63, 3.8) is 0 Å². The minimum absolute atomic E-state index is 0.0506. The van der Waals surface area contributed by atoms with E-state index in [2.05, 4.69) is 15.6 Å². The van der Waals surface area contributed by atoms with Crippen LogP contribution in [0.1, 0.15) is 46.2 Å². The van der Waals surface area contributed by atoms with Crippen LogP contribution >= 0.6 is 46.0 Å². The summed E-state index contributed by atoms with van der Waals surface area (Å²) in [5.41, 5.74) is -2.30. The van der Waals surface area contributed by atoms with Crippen molar-refractivity contribution < 1.29 is 35.9 Å². The quantitative estimate of drug-likeness (QED) is 0.199. The van der Waals surface area contributed by atoms with Crippen molar-refractivity contribution in [1.82, 2.24) is 10.3 Å². The maximum atomic E-state index is 13.0. The third-order valence-electron chi connectivity index (χ3n) is 4.51. The smallest absolute Gasteiger partial charge is 0.346 e. The molecule has 0 aliphatic carbocycles. The highest BCUT2D eigenvalue weighted by atomic mass is 127. The number of carbonyl (C=O) groups is 2. The van der Waals surface area contributed by atoms with Crippen LogP contribution < -0.4 is 10.6 Å². The molecule has 0 unspecified atom stereocenters. The van der Waals surface area contributed by atoms with Crippen molar-refractivity contribution in [3.05, 3.63) is 55.9 Å². The number of thioether (sulfide) groups is 1. The van der Waals surface area contributed by atoms with Crippen LogP contribution in [-0.4, -0.2) is 46.7 Å². The number of anilines is 1. The standard InChI is InChI=1S/C21H19ClF6IN3O2S/c1-19(2,9-35-3)32-18(34)14-10(5-4-6-11(14)29)17(33)31-13-8-7-12(30-16(13)22)15(20(23,24)25)21(26,27)28/h4-8,15H,9H2,1-3H3,(H,31,33)(H,32,34). The van der Waals surface area contributed by atoms with Crippen LogP contribution in [0.2, 0.25) is 5.15 Å². The van der Waals surface area contributed by atoms with Crippen molar-refractivity contribution in [2.24, 2.45) is 0 Å². The lowest BCUT2D eigenvalue weighted by atomic mass is 10.0. The van der Waals surface area contributed by atoms with Gasteiger partial charge in [0.15, 0.2) is 11.1 Å². The number of aromatic nitrogens is 1. The second-order valence-electron chi connectivity index (χ2n) is 7.98. The van der Waals surface area contributed by atoms with Gasteiger partial charge in [-0.15, -0.1) is 0 Å². The molecule has 0 bridgehead atoms. The van der Waals surface area contributed by atoms with Gasteiger partial charge in [-0.25, -0.2) is 4.98 Å². The molecule has 0 atom stereocenters. The van der Waals surface area contributed by atoms with Gasteiger partial charge >= 0.3 is 12.4 Å². The van der Waals surface area contributed by atoms with Gasteiger partial charge in [0, 0.05) is 14.9 Å². The molecule has 2 aromatic rings. The topological polar surface area (TPSA) is 71.1 Å². The summed E-state index contributed by atoms with van der Waals surface area (Å²) in [6, 6.07) is 5.75. The fraction of sp³-hybridized carbons (Fsp3) is 0.381. The second-order valence-corrected chi connectivity index (χ2v) is 10.4. The molecule has 0 saturated heterocycles. The van der Waals surface area contributed by atoms with E-state index in [0.717, 1.165) is 6.07 Å². The molecule has 5 nitrogen and oxygen atoms in total. The van der Waals surface area contributed by atoms with E-state index in [1.54, 1.807) is 19.9 Å². The number of pyridine rings is 1. The minimum Gasteiger partial charge on any atom is -0.346 e. The molecule has 0 radical (unpaired) electrons. The summed E-state index contributed by atoms with van der Waals surface area (Å²) in [6.07, 6.45) is -9.42. The normalized spacial score (nSPS) is 12.6. The summed E-state index contributed by atoms with van der Waals surface area (Å²) < 4.78 is 78.3. The number of alkyl halides is 6. The molecule has 2 amide bonds. The second kappa shape index (κ2) is 11.1. The SMILES string of the molecule is CSCC(C)(C)NC(=O)c1c(I)cccc1C(=O)Nc1ccc(C(C(F)(F)F)C(F)(F)F)nc1Cl. The lowest BCUT2D eigenvalue weighted by molar-refractivity contribution is -0.254. The van der Waals surface area contributed by atoms with Crippen LogP contribution in [0.15, 0.2) is 30.3 Å². The van der Waals surface area contributed by atoms with E-state index in [4.69, 9.17) is 11.6 Å². The Labute approximate surface area is 219 Å². The Morgan fingerprint density at radius 1 is 1.06 bits per heavy atom. The first-order valence-electron chi connectivity index (χ1n) is 9.69. The molecule has 0 spiro atoms. The Balaban J connectivity index is 2.38. The number of hydrogen-bond donors (Lipinski definition) is 2. The van der Waals surface area contributed by atoms with Crippen molar-refractivity contribution in [2.75, 3.05) is 17.3 Å². The largest absolute Gasteiger partial charge is 0.406 e. The lowest BCUT2D eigenvalue weighted by Crippen LogP contribution is -2.46. The van der Waals surface area contributed by atoms with Gasteiger partial charge in [0.25, 0.3) is 11.8 Å². The molecule has 35 heavy (non-hydrogen) atoms. The molecule has 1 aromatic carbocycles. The van der Waals surface area contributed by atoms with Gasteiger partial charge in [-0.2, -0.15) is 38.1 Å². The highest BCUT2D eigenvalue weighted by Gasteiger charge is 2.58. The molecule has 192 valence electrons. The molecular weight excluding hydrogens is 635 g/mol. The summed E-state index contributed by atoms with van der Waals surface area (Å²) in [6.45, 7) is 3.61. The first-order chi connectivity index (χ1) is 16.0. The Hall–Kier alpha value is -1.74. The van der Waals surface area contributed by atoms with Gasteiger partial charge in [0.1, 0.15) is 0 Å². The van der Waals surface area contributed by atoms with Gasteiger partial charge in [0.05, 0.1) is 22.5 Å². The van der Waals surface area contributed by atoms with Crippen LogP contribution in [0.4, 0.5) is 32.0 Å². The molecule has 2 N–H and O–H groups in total. The average molecular weight is 654 g/mol. The van der Waals surface area contributed by atoms with Crippen molar-refractivity contribution in [2.45, 2.75) is 37.7 Å². The van der Waals surface area contributed by atoms with Gasteiger partial charge in [0.2, 0.25) is 0 Å². The van der Waals surface area contributed by atoms with Gasteiger partial charge in [-0.05, 0) is 67.0 Å². The van der Waals surface area contributed by atoms with E-state index in [1.165, 1.54) is 23.9 Å². The first kappa shape index (κ1) is 29.5. The van der Waals surface area contributed by atoms with Crippen LogP contribution in [0.5, 0.6) is 0 Å². The Morgan fingerprint density at radius 2 is 1.66 bits per heavy atom. The van der Waals surface area contributed by atoms with Gasteiger partial charge in [-0.3, -0.25) is 9.59 Å². The molecule has 1 aromatic heterocycles. The number of rotatable bonds is 7. The fourth-order valence-electron chi connectivity index (χ4n) is 3.12. The molecular formula is C21H19ClF6IN3O2S. The van der Waals surface area contributed by atoms with Crippen LogP contribution in [0.25, 0.3) is 0 Å². The first-order valence-corrected chi connectivity index (χ1v) is 12.5. The summed E-state index contributed by atoms with van der Waals surface area (Å²) >= 11 is 9.20. The Kier molecular flexibility index (Phi) is 9.36. The zero-order chi connectivity index (χ0) is 26.8. The molecule has 1 heterocycles. The molecule has 0 aliphatic heterocycles. The molecule has 2 rings (SSSR count). The average Bonchev–Trinajstić information content (AvgIpc) is 2.66. The van der Waals surface area contributed by atoms with Gasteiger partial charge < -0.3 is 10.6 Å². The van der Waals surface area contributed by atoms with Crippen LogP contribution in [0.3, 0.4) is 0 Å². The zero-order valence-electron chi connectivity index (χ0n) is 18.4. The third-order valence-corrected chi connectivity index (χ3v) is 6.71. The minimum atomic E-state index is -5.65. The number of nitrogens with one attached hydrogen (secondary N) is 2. The van der Waals surface area contributed by atoms with Crippen molar-refractivity contribution in [1.29, 1.82) is 0 Å². The number of hydrogen-bond acceptors (Lipinski definition) is 4. The predicted octanol–water partition coefficient (Wildman–Crippen LogP) is 6.67. The number of amides is 2. The summed E-state index contributed by atoms with van der Waals surface area (Å²) in [5, 5.41) is 4.36. The van der Waals surface area contributed by atoms with E-state index in [9.17, 15) is 35.9 Å². The maximum absolute atomic E-state index is 13.0. The summed E-state index contributed by atoms with van der Waals surface area (Å²) in [4.78, 5) is 29.1. The van der Waals surface area contributed by atoms with E-state index in [0.29, 0.717) is 15.4 Å². The van der Waals surface area contributed by atoms with E-state index in [-0.39, 0.29) is 16.8 Å². The van der Waals surface area contributed by atoms with Gasteiger partial charge in [-0.1, -0.05) is 17.7 Å². The molecule has 0 saturated carbocycles. The van der Waals surface area contributed by atoms with E-state index in [1.807, 2.05) is 28.8 Å². The van der Waals surface area contributed by atoms with Crippen molar-refractivity contribution >= 4 is 63.5 Å². The van der Waals surface area contributed by atoms with E-state index < -0.39 is 46.5 Å². The third kappa shape index (κ3) is 7.62. The highest BCUT2D eigenvalue weighted by molar-refractivity contribution is 14.1. The number of benzene rings is 1. The zero-order valence-corrected chi connectivity index (χ0v) is 22.1. The predicted molar refractivity (Wildman–Crippen MR) is 131 cm³/mol. The van der Waals surface area contributed by atoms with Crippen molar-refractivity contribution in [3.8, 4) is 0 Å². The molecule has 0 fully saturated rings. The fourth-order valence-corrected chi connectivity index (χ4v) is 4.87. The number of carbonyl (C=O) groups excluding carboxylic acids is 2. The maximum Gasteiger partial charge on any atom is 0.406 e. The number of halogens is 8.